The third-order valence-corrected chi connectivity index (χ3v) is 6.32. The second-order valence-corrected chi connectivity index (χ2v) is 8.42. The third-order valence-electron chi connectivity index (χ3n) is 4.74. The predicted molar refractivity (Wildman–Crippen MR) is 102 cm³/mol. The molecule has 2 aromatic rings. The van der Waals surface area contributed by atoms with E-state index in [1.54, 1.807) is 0 Å². The summed E-state index contributed by atoms with van der Waals surface area (Å²) in [5.41, 5.74) is 2.76. The Kier molecular flexibility index (Phi) is 6.18. The lowest BCUT2D eigenvalue weighted by Gasteiger charge is -2.33. The van der Waals surface area contributed by atoms with E-state index in [1.807, 2.05) is 24.3 Å². The average molecular weight is 381 g/mol. The van der Waals surface area contributed by atoms with Gasteiger partial charge in [0.15, 0.2) is 0 Å². The van der Waals surface area contributed by atoms with Gasteiger partial charge in [0, 0.05) is 27.6 Å². The van der Waals surface area contributed by atoms with Crippen molar-refractivity contribution in [3.8, 4) is 0 Å². The molecular weight excluding hydrogens is 356 g/mol. The molecular formula is C20H25ClO3S. The van der Waals surface area contributed by atoms with E-state index in [2.05, 4.69) is 25.1 Å². The number of aryl methyl sites for hydroxylation is 1. The van der Waals surface area contributed by atoms with Crippen LogP contribution in [0.3, 0.4) is 0 Å². The second kappa shape index (κ2) is 8.19. The number of thiophene rings is 1. The van der Waals surface area contributed by atoms with E-state index in [9.17, 15) is 10.2 Å². The first-order valence-corrected chi connectivity index (χ1v) is 10.0. The molecule has 3 atom stereocenters. The Bertz CT molecular complexity index is 718. The number of hydrogen-bond donors (Lipinski definition) is 2. The standard InChI is InChI=1S/C20H25ClO3S/c1-3-16-4-5-17(25-16)7-13-8-18(14(11-22)9-19(13)21)20-10-15(23)6-12(2)24-20/h4-5,8-9,12,15,20,22-23H,3,6-7,10-11H2,1-2H3. The average Bonchev–Trinajstić information content (AvgIpc) is 3.03. The zero-order valence-electron chi connectivity index (χ0n) is 14.7. The van der Waals surface area contributed by atoms with Gasteiger partial charge in [0.2, 0.25) is 0 Å². The van der Waals surface area contributed by atoms with E-state index in [-0.39, 0.29) is 24.9 Å². The number of benzene rings is 1. The summed E-state index contributed by atoms with van der Waals surface area (Å²) in [4.78, 5) is 2.64. The third kappa shape index (κ3) is 4.44. The van der Waals surface area contributed by atoms with Crippen LogP contribution in [0.4, 0.5) is 0 Å². The van der Waals surface area contributed by atoms with Crippen LogP contribution < -0.4 is 0 Å². The highest BCUT2D eigenvalue weighted by Gasteiger charge is 2.29. The van der Waals surface area contributed by atoms with Crippen molar-refractivity contribution in [1.29, 1.82) is 0 Å². The molecule has 0 spiro atoms. The van der Waals surface area contributed by atoms with Crippen molar-refractivity contribution < 1.29 is 14.9 Å². The van der Waals surface area contributed by atoms with Gasteiger partial charge in [0.05, 0.1) is 24.9 Å². The molecule has 1 aromatic carbocycles. The number of rotatable bonds is 5. The summed E-state index contributed by atoms with van der Waals surface area (Å²) in [5.74, 6) is 0. The first-order valence-electron chi connectivity index (χ1n) is 8.83. The van der Waals surface area contributed by atoms with Gasteiger partial charge in [-0.1, -0.05) is 24.6 Å². The molecule has 5 heteroatoms. The maximum atomic E-state index is 10.1. The molecule has 2 heterocycles. The fraction of sp³-hybridized carbons (Fsp3) is 0.500. The summed E-state index contributed by atoms with van der Waals surface area (Å²) in [6.45, 7) is 4.05. The van der Waals surface area contributed by atoms with Crippen LogP contribution >= 0.6 is 22.9 Å². The zero-order valence-corrected chi connectivity index (χ0v) is 16.2. The van der Waals surface area contributed by atoms with Crippen LogP contribution in [0.25, 0.3) is 0 Å². The molecule has 3 rings (SSSR count). The largest absolute Gasteiger partial charge is 0.393 e. The second-order valence-electron chi connectivity index (χ2n) is 6.76. The van der Waals surface area contributed by atoms with Crippen molar-refractivity contribution in [2.75, 3.05) is 0 Å². The molecule has 1 fully saturated rings. The summed E-state index contributed by atoms with van der Waals surface area (Å²) < 4.78 is 6.04. The molecule has 3 nitrogen and oxygen atoms in total. The van der Waals surface area contributed by atoms with Gasteiger partial charge < -0.3 is 14.9 Å². The van der Waals surface area contributed by atoms with Crippen LogP contribution in [-0.2, 0) is 24.2 Å². The normalized spacial score (nSPS) is 23.8. The monoisotopic (exact) mass is 380 g/mol. The topological polar surface area (TPSA) is 49.7 Å². The maximum Gasteiger partial charge on any atom is 0.0856 e. The Morgan fingerprint density at radius 2 is 1.96 bits per heavy atom. The molecule has 25 heavy (non-hydrogen) atoms. The number of ether oxygens (including phenoxy) is 1. The highest BCUT2D eigenvalue weighted by Crippen LogP contribution is 2.36. The molecule has 0 aliphatic carbocycles. The van der Waals surface area contributed by atoms with Crippen LogP contribution in [-0.4, -0.2) is 22.4 Å². The Balaban J connectivity index is 1.91. The number of hydrogen-bond acceptors (Lipinski definition) is 4. The van der Waals surface area contributed by atoms with Gasteiger partial charge in [-0.2, -0.15) is 0 Å². The van der Waals surface area contributed by atoms with Crippen molar-refractivity contribution in [3.63, 3.8) is 0 Å². The van der Waals surface area contributed by atoms with Crippen molar-refractivity contribution in [3.05, 3.63) is 55.7 Å². The quantitative estimate of drug-likeness (QED) is 0.793. The van der Waals surface area contributed by atoms with E-state index in [0.717, 1.165) is 29.5 Å². The van der Waals surface area contributed by atoms with Crippen LogP contribution in [0, 0.1) is 0 Å². The van der Waals surface area contributed by atoms with Crippen LogP contribution in [0.15, 0.2) is 24.3 Å². The molecule has 3 unspecified atom stereocenters. The van der Waals surface area contributed by atoms with E-state index in [4.69, 9.17) is 16.3 Å². The van der Waals surface area contributed by atoms with Gasteiger partial charge in [-0.15, -0.1) is 11.3 Å². The molecule has 0 bridgehead atoms. The van der Waals surface area contributed by atoms with E-state index in [0.29, 0.717) is 17.9 Å². The van der Waals surface area contributed by atoms with Crippen LogP contribution in [0.1, 0.15) is 59.2 Å². The fourth-order valence-corrected chi connectivity index (χ4v) is 4.70. The molecule has 1 aromatic heterocycles. The Hall–Kier alpha value is -0.910. The summed E-state index contributed by atoms with van der Waals surface area (Å²) in [5, 5.41) is 20.5. The summed E-state index contributed by atoms with van der Waals surface area (Å²) in [7, 11) is 0. The fourth-order valence-electron chi connectivity index (χ4n) is 3.46. The van der Waals surface area contributed by atoms with Gasteiger partial charge in [-0.3, -0.25) is 0 Å². The van der Waals surface area contributed by atoms with Crippen LogP contribution in [0.2, 0.25) is 5.02 Å². The molecule has 1 aliphatic rings. The van der Waals surface area contributed by atoms with Crippen molar-refractivity contribution in [1.82, 2.24) is 0 Å². The number of halogens is 1. The lowest BCUT2D eigenvalue weighted by Crippen LogP contribution is -2.30. The van der Waals surface area contributed by atoms with Gasteiger partial charge >= 0.3 is 0 Å². The van der Waals surface area contributed by atoms with Gasteiger partial charge in [-0.05, 0) is 54.7 Å². The van der Waals surface area contributed by atoms with Crippen molar-refractivity contribution >= 4 is 22.9 Å². The van der Waals surface area contributed by atoms with Gasteiger partial charge in [0.25, 0.3) is 0 Å². The lowest BCUT2D eigenvalue weighted by atomic mass is 9.91. The highest BCUT2D eigenvalue weighted by atomic mass is 35.5. The molecule has 2 N–H and O–H groups in total. The minimum absolute atomic E-state index is 0.00355. The summed E-state index contributed by atoms with van der Waals surface area (Å²) in [6, 6.07) is 8.21. The molecule has 0 saturated carbocycles. The Labute approximate surface area is 158 Å². The first kappa shape index (κ1) is 18.9. The first-order chi connectivity index (χ1) is 12.0. The molecule has 1 saturated heterocycles. The molecule has 1 aliphatic heterocycles. The SMILES string of the molecule is CCc1ccc(Cc2cc(C3CC(O)CC(C)O3)c(CO)cc2Cl)s1. The summed E-state index contributed by atoms with van der Waals surface area (Å²) in [6.07, 6.45) is 2.45. The highest BCUT2D eigenvalue weighted by molar-refractivity contribution is 7.12. The predicted octanol–water partition coefficient (Wildman–Crippen LogP) is 4.65. The molecule has 0 radical (unpaired) electrons. The van der Waals surface area contributed by atoms with Crippen molar-refractivity contribution in [2.45, 2.75) is 64.4 Å². The molecule has 0 amide bonds. The van der Waals surface area contributed by atoms with E-state index < -0.39 is 0 Å². The Morgan fingerprint density at radius 3 is 2.60 bits per heavy atom. The number of aliphatic hydroxyl groups excluding tert-OH is 2. The molecule has 136 valence electrons. The smallest absolute Gasteiger partial charge is 0.0856 e. The zero-order chi connectivity index (χ0) is 18.0. The van der Waals surface area contributed by atoms with Gasteiger partial charge in [-0.25, -0.2) is 0 Å². The van der Waals surface area contributed by atoms with Crippen molar-refractivity contribution in [2.24, 2.45) is 0 Å². The summed E-state index contributed by atoms with van der Waals surface area (Å²) >= 11 is 8.28. The lowest BCUT2D eigenvalue weighted by molar-refractivity contribution is -0.0901. The maximum absolute atomic E-state index is 10.1. The minimum atomic E-state index is -0.371. The van der Waals surface area contributed by atoms with Crippen LogP contribution in [0.5, 0.6) is 0 Å². The van der Waals surface area contributed by atoms with Gasteiger partial charge in [0.1, 0.15) is 0 Å². The minimum Gasteiger partial charge on any atom is -0.393 e. The number of aliphatic hydroxyl groups is 2. The van der Waals surface area contributed by atoms with E-state index in [1.165, 1.54) is 9.75 Å². The van der Waals surface area contributed by atoms with E-state index >= 15 is 0 Å². The Morgan fingerprint density at radius 1 is 1.20 bits per heavy atom.